The average molecular weight is 318 g/mol. The summed E-state index contributed by atoms with van der Waals surface area (Å²) in [5.74, 6) is 0.0167. The predicted octanol–water partition coefficient (Wildman–Crippen LogP) is 3.18. The summed E-state index contributed by atoms with van der Waals surface area (Å²) in [6.45, 7) is 0.916. The van der Waals surface area contributed by atoms with Gasteiger partial charge in [-0.25, -0.2) is 0 Å². The molecule has 1 atom stereocenters. The van der Waals surface area contributed by atoms with E-state index in [2.05, 4.69) is 26.6 Å². The van der Waals surface area contributed by atoms with Gasteiger partial charge in [-0.05, 0) is 53.5 Å². The third-order valence-electron chi connectivity index (χ3n) is 2.81. The number of piperidine rings is 1. The Morgan fingerprint density at radius 3 is 2.94 bits per heavy atom. The first-order chi connectivity index (χ1) is 8.16. The zero-order chi connectivity index (χ0) is 12.3. The normalized spacial score (nSPS) is 20.0. The van der Waals surface area contributed by atoms with Crippen molar-refractivity contribution in [2.45, 2.75) is 25.3 Å². The van der Waals surface area contributed by atoms with Crippen molar-refractivity contribution in [2.75, 3.05) is 11.9 Å². The van der Waals surface area contributed by atoms with Crippen LogP contribution in [0.3, 0.4) is 0 Å². The largest absolute Gasteiger partial charge is 0.325 e. The third kappa shape index (κ3) is 3.44. The molecule has 1 heterocycles. The van der Waals surface area contributed by atoms with Gasteiger partial charge < -0.3 is 10.6 Å². The summed E-state index contributed by atoms with van der Waals surface area (Å²) in [6.07, 6.45) is 3.15. The maximum absolute atomic E-state index is 11.9. The van der Waals surface area contributed by atoms with Crippen LogP contribution in [0.25, 0.3) is 0 Å². The highest BCUT2D eigenvalue weighted by Crippen LogP contribution is 2.25. The molecule has 2 N–H and O–H groups in total. The number of nitrogens with one attached hydrogen (secondary N) is 2. The Hall–Kier alpha value is -0.580. The Kier molecular flexibility index (Phi) is 4.42. The van der Waals surface area contributed by atoms with Crippen molar-refractivity contribution in [1.29, 1.82) is 0 Å². The first kappa shape index (κ1) is 12.9. The summed E-state index contributed by atoms with van der Waals surface area (Å²) < 4.78 is 0.827. The highest BCUT2D eigenvalue weighted by atomic mass is 79.9. The van der Waals surface area contributed by atoms with E-state index in [1.54, 1.807) is 6.07 Å². The molecule has 0 aromatic heterocycles. The summed E-state index contributed by atoms with van der Waals surface area (Å²) in [5, 5.41) is 6.68. The second-order valence-electron chi connectivity index (χ2n) is 4.12. The number of carbonyl (C=O) groups excluding carboxylic acids is 1. The lowest BCUT2D eigenvalue weighted by Gasteiger charge is -2.22. The fourth-order valence-corrected chi connectivity index (χ4v) is 2.31. The van der Waals surface area contributed by atoms with E-state index in [-0.39, 0.29) is 11.9 Å². The van der Waals surface area contributed by atoms with Gasteiger partial charge in [0.25, 0.3) is 0 Å². The van der Waals surface area contributed by atoms with Crippen molar-refractivity contribution >= 4 is 39.1 Å². The minimum absolute atomic E-state index is 0.0167. The molecule has 1 aliphatic rings. The van der Waals surface area contributed by atoms with Crippen LogP contribution in [-0.2, 0) is 4.79 Å². The van der Waals surface area contributed by atoms with Gasteiger partial charge in [-0.3, -0.25) is 4.79 Å². The number of amides is 1. The third-order valence-corrected chi connectivity index (χ3v) is 4.05. The molecule has 0 radical (unpaired) electrons. The van der Waals surface area contributed by atoms with Gasteiger partial charge in [-0.15, -0.1) is 0 Å². The van der Waals surface area contributed by atoms with Crippen LogP contribution in [0, 0.1) is 0 Å². The molecule has 0 saturated carbocycles. The Labute approximate surface area is 114 Å². The quantitative estimate of drug-likeness (QED) is 0.879. The van der Waals surface area contributed by atoms with Crippen LogP contribution in [0.5, 0.6) is 0 Å². The van der Waals surface area contributed by atoms with E-state index in [1.165, 1.54) is 0 Å². The van der Waals surface area contributed by atoms with Crippen LogP contribution in [0.15, 0.2) is 22.7 Å². The molecule has 2 rings (SSSR count). The van der Waals surface area contributed by atoms with Crippen LogP contribution < -0.4 is 10.6 Å². The lowest BCUT2D eigenvalue weighted by Crippen LogP contribution is -2.43. The Morgan fingerprint density at radius 1 is 1.47 bits per heavy atom. The molecule has 92 valence electrons. The number of benzene rings is 1. The van der Waals surface area contributed by atoms with Gasteiger partial charge in [-0.2, -0.15) is 0 Å². The number of hydrogen-bond acceptors (Lipinski definition) is 2. The maximum Gasteiger partial charge on any atom is 0.241 e. The highest BCUT2D eigenvalue weighted by molar-refractivity contribution is 9.10. The number of hydrogen-bond donors (Lipinski definition) is 2. The summed E-state index contributed by atoms with van der Waals surface area (Å²) in [5.41, 5.74) is 0.732. The maximum atomic E-state index is 11.9. The number of anilines is 1. The molecule has 5 heteroatoms. The van der Waals surface area contributed by atoms with Gasteiger partial charge >= 0.3 is 0 Å². The summed E-state index contributed by atoms with van der Waals surface area (Å²) in [6, 6.07) is 5.32. The fourth-order valence-electron chi connectivity index (χ4n) is 1.88. The van der Waals surface area contributed by atoms with Crippen molar-refractivity contribution in [3.63, 3.8) is 0 Å². The zero-order valence-electron chi connectivity index (χ0n) is 9.30. The van der Waals surface area contributed by atoms with E-state index in [0.29, 0.717) is 5.02 Å². The fraction of sp³-hybridized carbons (Fsp3) is 0.417. The Balaban J connectivity index is 1.99. The minimum atomic E-state index is -0.0776. The van der Waals surface area contributed by atoms with Crippen molar-refractivity contribution < 1.29 is 4.79 Å². The van der Waals surface area contributed by atoms with Crippen molar-refractivity contribution in [1.82, 2.24) is 5.32 Å². The lowest BCUT2D eigenvalue weighted by molar-refractivity contribution is -0.118. The van der Waals surface area contributed by atoms with Gasteiger partial charge in [0.05, 0.1) is 11.1 Å². The molecule has 3 nitrogen and oxygen atoms in total. The molecular formula is C12H14BrClN2O. The van der Waals surface area contributed by atoms with Gasteiger partial charge in [-0.1, -0.05) is 18.0 Å². The molecule has 1 fully saturated rings. The van der Waals surface area contributed by atoms with E-state index in [0.717, 1.165) is 36.0 Å². The smallest absolute Gasteiger partial charge is 0.241 e. The van der Waals surface area contributed by atoms with Crippen LogP contribution >= 0.6 is 27.5 Å². The van der Waals surface area contributed by atoms with Crippen LogP contribution in [0.2, 0.25) is 5.02 Å². The molecule has 1 amide bonds. The Morgan fingerprint density at radius 2 is 2.29 bits per heavy atom. The molecule has 1 aromatic rings. The molecule has 0 spiro atoms. The van der Waals surface area contributed by atoms with Crippen molar-refractivity contribution in [2.24, 2.45) is 0 Å². The number of halogens is 2. The molecule has 0 aliphatic carbocycles. The summed E-state index contributed by atoms with van der Waals surface area (Å²) in [7, 11) is 0. The lowest BCUT2D eigenvalue weighted by atomic mass is 10.0. The second kappa shape index (κ2) is 5.85. The van der Waals surface area contributed by atoms with E-state index < -0.39 is 0 Å². The molecule has 0 bridgehead atoms. The van der Waals surface area contributed by atoms with Gasteiger partial charge in [0.2, 0.25) is 5.91 Å². The first-order valence-electron chi connectivity index (χ1n) is 5.66. The minimum Gasteiger partial charge on any atom is -0.325 e. The number of carbonyl (C=O) groups is 1. The monoisotopic (exact) mass is 316 g/mol. The summed E-state index contributed by atoms with van der Waals surface area (Å²) in [4.78, 5) is 11.9. The van der Waals surface area contributed by atoms with Gasteiger partial charge in [0.15, 0.2) is 0 Å². The molecule has 1 saturated heterocycles. The Bertz CT molecular complexity index is 419. The topological polar surface area (TPSA) is 41.1 Å². The van der Waals surface area contributed by atoms with E-state index >= 15 is 0 Å². The molecule has 1 aliphatic heterocycles. The van der Waals surface area contributed by atoms with Gasteiger partial charge in [0, 0.05) is 10.2 Å². The summed E-state index contributed by atoms with van der Waals surface area (Å²) >= 11 is 9.28. The van der Waals surface area contributed by atoms with E-state index in [9.17, 15) is 4.79 Å². The van der Waals surface area contributed by atoms with E-state index in [4.69, 9.17) is 11.6 Å². The van der Waals surface area contributed by atoms with Crippen LogP contribution in [-0.4, -0.2) is 18.5 Å². The van der Waals surface area contributed by atoms with Crippen LogP contribution in [0.1, 0.15) is 19.3 Å². The number of rotatable bonds is 2. The van der Waals surface area contributed by atoms with Crippen LogP contribution in [0.4, 0.5) is 5.69 Å². The van der Waals surface area contributed by atoms with E-state index in [1.807, 2.05) is 12.1 Å². The molecular weight excluding hydrogens is 304 g/mol. The SMILES string of the molecule is O=C(Nc1ccc(Br)c(Cl)c1)C1CCCCN1. The van der Waals surface area contributed by atoms with Crippen molar-refractivity contribution in [3.8, 4) is 0 Å². The van der Waals surface area contributed by atoms with Gasteiger partial charge in [0.1, 0.15) is 0 Å². The van der Waals surface area contributed by atoms with Crippen molar-refractivity contribution in [3.05, 3.63) is 27.7 Å². The highest BCUT2D eigenvalue weighted by Gasteiger charge is 2.20. The molecule has 1 unspecified atom stereocenters. The predicted molar refractivity (Wildman–Crippen MR) is 73.4 cm³/mol. The first-order valence-corrected chi connectivity index (χ1v) is 6.83. The zero-order valence-corrected chi connectivity index (χ0v) is 11.6. The standard InChI is InChI=1S/C12H14BrClN2O/c13-9-5-4-8(7-10(9)14)16-12(17)11-3-1-2-6-15-11/h4-5,7,11,15H,1-3,6H2,(H,16,17). The molecule has 17 heavy (non-hydrogen) atoms. The second-order valence-corrected chi connectivity index (χ2v) is 5.38. The average Bonchev–Trinajstić information content (AvgIpc) is 2.35. The molecule has 1 aromatic carbocycles.